The molecule has 3 nitrogen and oxygen atoms in total. The highest BCUT2D eigenvalue weighted by molar-refractivity contribution is 14.1. The highest BCUT2D eigenvalue weighted by atomic mass is 127. The second-order valence-corrected chi connectivity index (χ2v) is 6.22. The maximum absolute atomic E-state index is 12.2. The van der Waals surface area contributed by atoms with Crippen molar-refractivity contribution in [1.29, 1.82) is 0 Å². The van der Waals surface area contributed by atoms with E-state index in [1.165, 1.54) is 0 Å². The molecule has 2 rings (SSSR count). The SMILES string of the molecule is CCCC/C(=N/NC(=O)c1cccc(I)c1)c1ccccc1. The summed E-state index contributed by atoms with van der Waals surface area (Å²) >= 11 is 2.19. The maximum Gasteiger partial charge on any atom is 0.271 e. The van der Waals surface area contributed by atoms with Crippen LogP contribution in [-0.4, -0.2) is 11.6 Å². The van der Waals surface area contributed by atoms with Crippen LogP contribution in [0.25, 0.3) is 0 Å². The third kappa shape index (κ3) is 4.94. The van der Waals surface area contributed by atoms with Gasteiger partial charge in [0, 0.05) is 9.13 Å². The Bertz CT molecular complexity index is 653. The van der Waals surface area contributed by atoms with Gasteiger partial charge in [-0.05, 0) is 59.2 Å². The lowest BCUT2D eigenvalue weighted by Gasteiger charge is -2.07. The van der Waals surface area contributed by atoms with E-state index in [1.807, 2.05) is 48.5 Å². The van der Waals surface area contributed by atoms with Gasteiger partial charge in [0.1, 0.15) is 0 Å². The van der Waals surface area contributed by atoms with E-state index in [9.17, 15) is 4.79 Å². The van der Waals surface area contributed by atoms with Gasteiger partial charge >= 0.3 is 0 Å². The van der Waals surface area contributed by atoms with Gasteiger partial charge in [-0.3, -0.25) is 4.79 Å². The zero-order chi connectivity index (χ0) is 15.8. The highest BCUT2D eigenvalue weighted by Gasteiger charge is 2.07. The van der Waals surface area contributed by atoms with Gasteiger partial charge in [0.25, 0.3) is 5.91 Å². The Kier molecular flexibility index (Phi) is 6.58. The number of nitrogens with one attached hydrogen (secondary N) is 1. The predicted octanol–water partition coefficient (Wildman–Crippen LogP) is 4.62. The smallest absolute Gasteiger partial charge is 0.267 e. The molecule has 1 N–H and O–H groups in total. The number of halogens is 1. The quantitative estimate of drug-likeness (QED) is 0.425. The minimum absolute atomic E-state index is 0.177. The van der Waals surface area contributed by atoms with Gasteiger partial charge < -0.3 is 0 Å². The molecule has 0 bridgehead atoms. The summed E-state index contributed by atoms with van der Waals surface area (Å²) in [6, 6.07) is 17.5. The first-order chi connectivity index (χ1) is 10.7. The van der Waals surface area contributed by atoms with Gasteiger partial charge in [-0.15, -0.1) is 0 Å². The number of benzene rings is 2. The molecule has 0 aliphatic carbocycles. The summed E-state index contributed by atoms with van der Waals surface area (Å²) in [6.07, 6.45) is 3.00. The Morgan fingerprint density at radius 3 is 2.50 bits per heavy atom. The van der Waals surface area contributed by atoms with E-state index in [0.29, 0.717) is 5.56 Å². The molecule has 114 valence electrons. The van der Waals surface area contributed by atoms with Gasteiger partial charge in [0.05, 0.1) is 5.71 Å². The van der Waals surface area contributed by atoms with E-state index in [1.54, 1.807) is 6.07 Å². The van der Waals surface area contributed by atoms with Crippen molar-refractivity contribution in [1.82, 2.24) is 5.43 Å². The van der Waals surface area contributed by atoms with Gasteiger partial charge in [0.15, 0.2) is 0 Å². The Morgan fingerprint density at radius 1 is 1.09 bits per heavy atom. The van der Waals surface area contributed by atoms with E-state index in [4.69, 9.17) is 0 Å². The summed E-state index contributed by atoms with van der Waals surface area (Å²) < 4.78 is 1.03. The van der Waals surface area contributed by atoms with Crippen LogP contribution in [0.2, 0.25) is 0 Å². The van der Waals surface area contributed by atoms with Crippen molar-refractivity contribution in [3.05, 3.63) is 69.3 Å². The molecule has 0 spiro atoms. The van der Waals surface area contributed by atoms with Crippen LogP contribution in [0.5, 0.6) is 0 Å². The molecule has 0 aliphatic rings. The number of nitrogens with zero attached hydrogens (tertiary/aromatic N) is 1. The van der Waals surface area contributed by atoms with Gasteiger partial charge in [-0.1, -0.05) is 49.7 Å². The molecule has 0 unspecified atom stereocenters. The highest BCUT2D eigenvalue weighted by Crippen LogP contribution is 2.09. The molecule has 0 aliphatic heterocycles. The molecular weight excluding hydrogens is 387 g/mol. The van der Waals surface area contributed by atoms with E-state index in [2.05, 4.69) is 40.0 Å². The number of amides is 1. The Labute approximate surface area is 145 Å². The van der Waals surface area contributed by atoms with Crippen LogP contribution < -0.4 is 5.43 Å². The zero-order valence-corrected chi connectivity index (χ0v) is 14.7. The first-order valence-electron chi connectivity index (χ1n) is 7.38. The van der Waals surface area contributed by atoms with Crippen LogP contribution >= 0.6 is 22.6 Å². The van der Waals surface area contributed by atoms with Crippen LogP contribution in [-0.2, 0) is 0 Å². The Morgan fingerprint density at radius 2 is 1.82 bits per heavy atom. The predicted molar refractivity (Wildman–Crippen MR) is 99.1 cm³/mol. The summed E-state index contributed by atoms with van der Waals surface area (Å²) in [6.45, 7) is 2.15. The van der Waals surface area contributed by atoms with E-state index < -0.39 is 0 Å². The molecule has 4 heteroatoms. The summed E-state index contributed by atoms with van der Waals surface area (Å²) in [4.78, 5) is 12.2. The van der Waals surface area contributed by atoms with E-state index >= 15 is 0 Å². The van der Waals surface area contributed by atoms with Crippen molar-refractivity contribution in [2.24, 2.45) is 5.10 Å². The van der Waals surface area contributed by atoms with Crippen LogP contribution in [0.1, 0.15) is 42.1 Å². The second-order valence-electron chi connectivity index (χ2n) is 4.98. The molecule has 0 saturated heterocycles. The third-order valence-electron chi connectivity index (χ3n) is 3.25. The van der Waals surface area contributed by atoms with Crippen LogP contribution in [0.15, 0.2) is 59.7 Å². The third-order valence-corrected chi connectivity index (χ3v) is 3.92. The number of hydrazone groups is 1. The number of hydrogen-bond acceptors (Lipinski definition) is 2. The first kappa shape index (κ1) is 16.7. The normalized spacial score (nSPS) is 11.3. The summed E-state index contributed by atoms with van der Waals surface area (Å²) in [5.41, 5.74) is 5.28. The molecule has 1 amide bonds. The van der Waals surface area contributed by atoms with Crippen molar-refractivity contribution in [3.63, 3.8) is 0 Å². The van der Waals surface area contributed by atoms with Crippen molar-refractivity contribution in [2.75, 3.05) is 0 Å². The van der Waals surface area contributed by atoms with Crippen LogP contribution in [0.3, 0.4) is 0 Å². The molecule has 0 aromatic heterocycles. The monoisotopic (exact) mass is 406 g/mol. The molecule has 0 atom stereocenters. The lowest BCUT2D eigenvalue weighted by atomic mass is 10.1. The molecule has 0 fully saturated rings. The van der Waals surface area contributed by atoms with Gasteiger partial charge in [0.2, 0.25) is 0 Å². The van der Waals surface area contributed by atoms with E-state index in [-0.39, 0.29) is 5.91 Å². The van der Waals surface area contributed by atoms with Crippen molar-refractivity contribution in [2.45, 2.75) is 26.2 Å². The number of rotatable bonds is 6. The number of unbranched alkanes of at least 4 members (excludes halogenated alkanes) is 1. The minimum atomic E-state index is -0.177. The average molecular weight is 406 g/mol. The molecular formula is C18H19IN2O. The standard InChI is InChI=1S/C18H19IN2O/c1-2-3-12-17(14-8-5-4-6-9-14)20-21-18(22)15-10-7-11-16(19)13-15/h4-11,13H,2-3,12H2,1H3,(H,21,22)/b20-17-. The van der Waals surface area contributed by atoms with E-state index in [0.717, 1.165) is 34.1 Å². The van der Waals surface area contributed by atoms with Crippen molar-refractivity contribution >= 4 is 34.2 Å². The lowest BCUT2D eigenvalue weighted by Crippen LogP contribution is -2.20. The molecule has 22 heavy (non-hydrogen) atoms. The van der Waals surface area contributed by atoms with Crippen molar-refractivity contribution < 1.29 is 4.79 Å². The van der Waals surface area contributed by atoms with Crippen molar-refractivity contribution in [3.8, 4) is 0 Å². The Balaban J connectivity index is 2.14. The molecule has 0 heterocycles. The van der Waals surface area contributed by atoms with Gasteiger partial charge in [-0.2, -0.15) is 5.10 Å². The minimum Gasteiger partial charge on any atom is -0.267 e. The summed E-state index contributed by atoms with van der Waals surface area (Å²) in [7, 11) is 0. The molecule has 0 saturated carbocycles. The topological polar surface area (TPSA) is 41.5 Å². The fourth-order valence-electron chi connectivity index (χ4n) is 2.05. The van der Waals surface area contributed by atoms with Crippen LogP contribution in [0, 0.1) is 3.57 Å². The molecule has 2 aromatic carbocycles. The summed E-state index contributed by atoms with van der Waals surface area (Å²) in [5, 5.41) is 4.35. The molecule has 2 aromatic rings. The summed E-state index contributed by atoms with van der Waals surface area (Å²) in [5.74, 6) is -0.177. The number of hydrogen-bond donors (Lipinski definition) is 1. The molecule has 0 radical (unpaired) electrons. The fraction of sp³-hybridized carbons (Fsp3) is 0.222. The second kappa shape index (κ2) is 8.68. The largest absolute Gasteiger partial charge is 0.271 e. The Hall–Kier alpha value is -1.69. The maximum atomic E-state index is 12.2. The lowest BCUT2D eigenvalue weighted by molar-refractivity contribution is 0.0954. The van der Waals surface area contributed by atoms with Crippen LogP contribution in [0.4, 0.5) is 0 Å². The number of carbonyl (C=O) groups excluding carboxylic acids is 1. The first-order valence-corrected chi connectivity index (χ1v) is 8.46. The van der Waals surface area contributed by atoms with Gasteiger partial charge in [-0.25, -0.2) is 5.43 Å². The fourth-order valence-corrected chi connectivity index (χ4v) is 2.60. The number of carbonyl (C=O) groups is 1. The average Bonchev–Trinajstić information content (AvgIpc) is 2.55. The zero-order valence-electron chi connectivity index (χ0n) is 12.6.